The molecule has 0 heterocycles. The average Bonchev–Trinajstić information content (AvgIpc) is 2.43. The molecule has 0 aliphatic carbocycles. The molecule has 0 saturated carbocycles. The summed E-state index contributed by atoms with van der Waals surface area (Å²) in [5.41, 5.74) is 6.72. The molecule has 6 heteroatoms. The van der Waals surface area contributed by atoms with Crippen LogP contribution >= 0.6 is 0 Å². The van der Waals surface area contributed by atoms with Crippen molar-refractivity contribution in [2.24, 2.45) is 5.73 Å². The summed E-state index contributed by atoms with van der Waals surface area (Å²) >= 11 is 0. The Labute approximate surface area is 105 Å². The number of aliphatic hydroxyl groups excluding tert-OH is 1. The van der Waals surface area contributed by atoms with Gasteiger partial charge in [-0.3, -0.25) is 4.79 Å². The second-order valence-electron chi connectivity index (χ2n) is 3.65. The molecule has 6 nitrogen and oxygen atoms in total. The van der Waals surface area contributed by atoms with Crippen LogP contribution < -0.4 is 11.1 Å². The first-order chi connectivity index (χ1) is 8.58. The fourth-order valence-corrected chi connectivity index (χ4v) is 1.35. The number of esters is 1. The van der Waals surface area contributed by atoms with E-state index in [2.05, 4.69) is 10.1 Å². The van der Waals surface area contributed by atoms with Crippen LogP contribution in [-0.4, -0.2) is 36.7 Å². The van der Waals surface area contributed by atoms with Crippen molar-refractivity contribution < 1.29 is 19.4 Å². The van der Waals surface area contributed by atoms with Crippen LogP contribution in [0.2, 0.25) is 0 Å². The van der Waals surface area contributed by atoms with Gasteiger partial charge in [-0.25, -0.2) is 4.79 Å². The number of ether oxygens (including phenoxy) is 1. The van der Waals surface area contributed by atoms with Gasteiger partial charge in [0.25, 0.3) is 5.91 Å². The van der Waals surface area contributed by atoms with Gasteiger partial charge in [0.2, 0.25) is 0 Å². The van der Waals surface area contributed by atoms with Crippen molar-refractivity contribution in [2.45, 2.75) is 12.6 Å². The van der Waals surface area contributed by atoms with Crippen LogP contribution in [-0.2, 0) is 16.1 Å². The second-order valence-corrected chi connectivity index (χ2v) is 3.65. The Kier molecular flexibility index (Phi) is 5.29. The average molecular weight is 252 g/mol. The van der Waals surface area contributed by atoms with Crippen molar-refractivity contribution in [3.8, 4) is 0 Å². The highest BCUT2D eigenvalue weighted by Gasteiger charge is 2.16. The maximum absolute atomic E-state index is 11.7. The predicted molar refractivity (Wildman–Crippen MR) is 64.7 cm³/mol. The van der Waals surface area contributed by atoms with E-state index in [0.717, 1.165) is 12.7 Å². The van der Waals surface area contributed by atoms with Gasteiger partial charge in [-0.15, -0.1) is 0 Å². The molecule has 0 saturated heterocycles. The van der Waals surface area contributed by atoms with Crippen molar-refractivity contribution in [2.75, 3.05) is 13.7 Å². The summed E-state index contributed by atoms with van der Waals surface area (Å²) < 4.78 is 4.33. The number of aliphatic hydroxyl groups is 1. The van der Waals surface area contributed by atoms with Crippen molar-refractivity contribution in [3.63, 3.8) is 0 Å². The van der Waals surface area contributed by atoms with Gasteiger partial charge in [0, 0.05) is 12.1 Å². The third kappa shape index (κ3) is 3.83. The first-order valence-electron chi connectivity index (χ1n) is 5.41. The van der Waals surface area contributed by atoms with Gasteiger partial charge < -0.3 is 20.9 Å². The van der Waals surface area contributed by atoms with Gasteiger partial charge in [-0.1, -0.05) is 12.1 Å². The number of amides is 1. The molecule has 1 rings (SSSR count). The molecule has 1 aromatic rings. The SMILES string of the molecule is COC(=O)C(O)CNC(=O)c1cccc(CN)c1. The third-order valence-electron chi connectivity index (χ3n) is 2.35. The van der Waals surface area contributed by atoms with Gasteiger partial charge in [0.1, 0.15) is 0 Å². The minimum absolute atomic E-state index is 0.196. The van der Waals surface area contributed by atoms with Gasteiger partial charge in [-0.2, -0.15) is 0 Å². The minimum atomic E-state index is -1.36. The van der Waals surface area contributed by atoms with E-state index in [-0.39, 0.29) is 12.5 Å². The number of benzene rings is 1. The summed E-state index contributed by atoms with van der Waals surface area (Å²) in [6, 6.07) is 6.80. The van der Waals surface area contributed by atoms with Crippen LogP contribution in [0.1, 0.15) is 15.9 Å². The number of methoxy groups -OCH3 is 1. The van der Waals surface area contributed by atoms with Gasteiger partial charge in [0.15, 0.2) is 6.10 Å². The monoisotopic (exact) mass is 252 g/mol. The first kappa shape index (κ1) is 14.1. The summed E-state index contributed by atoms with van der Waals surface area (Å²) in [6.45, 7) is 0.143. The Hall–Kier alpha value is -1.92. The second kappa shape index (κ2) is 6.73. The van der Waals surface area contributed by atoms with Crippen molar-refractivity contribution in [1.82, 2.24) is 5.32 Å². The number of rotatable bonds is 5. The molecule has 0 aromatic heterocycles. The van der Waals surface area contributed by atoms with E-state index < -0.39 is 12.1 Å². The fourth-order valence-electron chi connectivity index (χ4n) is 1.35. The molecule has 1 aromatic carbocycles. The smallest absolute Gasteiger partial charge is 0.336 e. The maximum Gasteiger partial charge on any atom is 0.336 e. The Morgan fingerprint density at radius 3 is 2.83 bits per heavy atom. The minimum Gasteiger partial charge on any atom is -0.467 e. The standard InChI is InChI=1S/C12H16N2O4/c1-18-12(17)10(15)7-14-11(16)9-4-2-3-8(5-9)6-13/h2-5,10,15H,6-7,13H2,1H3,(H,14,16). The Morgan fingerprint density at radius 2 is 2.22 bits per heavy atom. The number of carbonyl (C=O) groups is 2. The summed E-state index contributed by atoms with van der Waals surface area (Å²) in [4.78, 5) is 22.6. The molecule has 18 heavy (non-hydrogen) atoms. The number of nitrogens with two attached hydrogens (primary N) is 1. The highest BCUT2D eigenvalue weighted by molar-refractivity contribution is 5.94. The fraction of sp³-hybridized carbons (Fsp3) is 0.333. The van der Waals surface area contributed by atoms with Crippen LogP contribution in [0.5, 0.6) is 0 Å². The summed E-state index contributed by atoms with van der Waals surface area (Å²) in [7, 11) is 1.16. The highest BCUT2D eigenvalue weighted by atomic mass is 16.5. The number of hydrogen-bond donors (Lipinski definition) is 3. The predicted octanol–water partition coefficient (Wildman–Crippen LogP) is -0.591. The normalized spacial score (nSPS) is 11.7. The summed E-state index contributed by atoms with van der Waals surface area (Å²) in [5, 5.41) is 11.7. The lowest BCUT2D eigenvalue weighted by atomic mass is 10.1. The van der Waals surface area contributed by atoms with Crippen LogP contribution in [0.15, 0.2) is 24.3 Å². The Morgan fingerprint density at radius 1 is 1.50 bits per heavy atom. The number of hydrogen-bond acceptors (Lipinski definition) is 5. The van der Waals surface area contributed by atoms with E-state index in [0.29, 0.717) is 12.1 Å². The lowest BCUT2D eigenvalue weighted by Gasteiger charge is -2.10. The van der Waals surface area contributed by atoms with Crippen molar-refractivity contribution >= 4 is 11.9 Å². The zero-order valence-corrected chi connectivity index (χ0v) is 10.1. The van der Waals surface area contributed by atoms with E-state index >= 15 is 0 Å². The van der Waals surface area contributed by atoms with Crippen molar-refractivity contribution in [1.29, 1.82) is 0 Å². The van der Waals surface area contributed by atoms with Crippen LogP contribution in [0.3, 0.4) is 0 Å². The third-order valence-corrected chi connectivity index (χ3v) is 2.35. The molecule has 98 valence electrons. The Balaban J connectivity index is 2.57. The van der Waals surface area contributed by atoms with Gasteiger partial charge in [-0.05, 0) is 17.7 Å². The molecular weight excluding hydrogens is 236 g/mol. The number of carbonyl (C=O) groups excluding carboxylic acids is 2. The molecule has 1 atom stereocenters. The quantitative estimate of drug-likeness (QED) is 0.608. The lowest BCUT2D eigenvalue weighted by molar-refractivity contribution is -0.149. The summed E-state index contributed by atoms with van der Waals surface area (Å²) in [5.74, 6) is -1.17. The van der Waals surface area contributed by atoms with E-state index in [1.165, 1.54) is 0 Å². The highest BCUT2D eigenvalue weighted by Crippen LogP contribution is 2.04. The van der Waals surface area contributed by atoms with Crippen molar-refractivity contribution in [3.05, 3.63) is 35.4 Å². The van der Waals surface area contributed by atoms with Crippen LogP contribution in [0.4, 0.5) is 0 Å². The summed E-state index contributed by atoms with van der Waals surface area (Å²) in [6.07, 6.45) is -1.36. The lowest BCUT2D eigenvalue weighted by Crippen LogP contribution is -2.37. The van der Waals surface area contributed by atoms with E-state index in [9.17, 15) is 14.7 Å². The van der Waals surface area contributed by atoms with Crippen LogP contribution in [0.25, 0.3) is 0 Å². The molecule has 0 spiro atoms. The van der Waals surface area contributed by atoms with Gasteiger partial charge >= 0.3 is 5.97 Å². The molecule has 0 aliphatic heterocycles. The zero-order chi connectivity index (χ0) is 13.5. The molecule has 0 radical (unpaired) electrons. The van der Waals surface area contributed by atoms with Gasteiger partial charge in [0.05, 0.1) is 13.7 Å². The molecule has 0 fully saturated rings. The number of nitrogens with one attached hydrogen (secondary N) is 1. The largest absolute Gasteiger partial charge is 0.467 e. The topological polar surface area (TPSA) is 102 Å². The molecule has 0 bridgehead atoms. The van der Waals surface area contributed by atoms with E-state index in [1.807, 2.05) is 0 Å². The van der Waals surface area contributed by atoms with E-state index in [4.69, 9.17) is 5.73 Å². The molecule has 1 unspecified atom stereocenters. The van der Waals surface area contributed by atoms with Crippen LogP contribution in [0, 0.1) is 0 Å². The maximum atomic E-state index is 11.7. The Bertz CT molecular complexity index is 434. The van der Waals surface area contributed by atoms with E-state index in [1.54, 1.807) is 24.3 Å². The molecule has 1 amide bonds. The molecule has 0 aliphatic rings. The molecule has 4 N–H and O–H groups in total. The molecular formula is C12H16N2O4. The zero-order valence-electron chi connectivity index (χ0n) is 10.1. The first-order valence-corrected chi connectivity index (χ1v) is 5.41.